The van der Waals surface area contributed by atoms with Crippen molar-refractivity contribution in [3.63, 3.8) is 0 Å². The maximum Gasteiger partial charge on any atom is 0.410 e. The summed E-state index contributed by atoms with van der Waals surface area (Å²) in [6.07, 6.45) is 0.748. The van der Waals surface area contributed by atoms with Crippen molar-refractivity contribution >= 4 is 6.09 Å². The molecule has 0 saturated carbocycles. The predicted molar refractivity (Wildman–Crippen MR) is 76.0 cm³/mol. The van der Waals surface area contributed by atoms with Crippen molar-refractivity contribution in [1.29, 1.82) is 0 Å². The van der Waals surface area contributed by atoms with Crippen molar-refractivity contribution in [2.45, 2.75) is 44.8 Å². The number of hydrogen-bond donors (Lipinski definition) is 0. The van der Waals surface area contributed by atoms with Gasteiger partial charge in [-0.05, 0) is 38.8 Å². The van der Waals surface area contributed by atoms with Gasteiger partial charge in [0.15, 0.2) is 0 Å². The van der Waals surface area contributed by atoms with E-state index in [9.17, 15) is 4.79 Å². The van der Waals surface area contributed by atoms with Crippen molar-refractivity contribution in [3.8, 4) is 5.75 Å². The van der Waals surface area contributed by atoms with Gasteiger partial charge in [-0.3, -0.25) is 0 Å². The van der Waals surface area contributed by atoms with Crippen LogP contribution >= 0.6 is 0 Å². The highest BCUT2D eigenvalue weighted by atomic mass is 16.6. The largest absolute Gasteiger partial charge is 0.491 e. The fraction of sp³-hybridized carbons (Fsp3) is 0.562. The van der Waals surface area contributed by atoms with E-state index in [1.54, 1.807) is 0 Å². The zero-order valence-electron chi connectivity index (χ0n) is 12.3. The molecule has 1 amide bonds. The van der Waals surface area contributed by atoms with Crippen LogP contribution in [0.1, 0.15) is 38.7 Å². The summed E-state index contributed by atoms with van der Waals surface area (Å²) in [5, 5.41) is 0. The van der Waals surface area contributed by atoms with E-state index >= 15 is 0 Å². The number of rotatable bonds is 0. The third-order valence-corrected chi connectivity index (χ3v) is 3.90. The molecule has 0 aromatic heterocycles. The number of ether oxygens (including phenoxy) is 2. The summed E-state index contributed by atoms with van der Waals surface area (Å²) >= 11 is 0. The zero-order valence-corrected chi connectivity index (χ0v) is 12.3. The van der Waals surface area contributed by atoms with Gasteiger partial charge in [0, 0.05) is 12.5 Å². The molecule has 4 heteroatoms. The lowest BCUT2D eigenvalue weighted by atomic mass is 9.89. The van der Waals surface area contributed by atoms with E-state index in [0.29, 0.717) is 12.5 Å². The Kier molecular flexibility index (Phi) is 3.11. The van der Waals surface area contributed by atoms with Crippen molar-refractivity contribution in [2.75, 3.05) is 13.2 Å². The van der Waals surface area contributed by atoms with E-state index in [2.05, 4.69) is 6.07 Å². The molecule has 2 atom stereocenters. The molecule has 1 fully saturated rings. The minimum Gasteiger partial charge on any atom is -0.491 e. The van der Waals surface area contributed by atoms with Crippen LogP contribution in [0.3, 0.4) is 0 Å². The Morgan fingerprint density at radius 3 is 2.85 bits per heavy atom. The van der Waals surface area contributed by atoms with Crippen LogP contribution in [0.25, 0.3) is 0 Å². The van der Waals surface area contributed by atoms with Crippen molar-refractivity contribution in [1.82, 2.24) is 4.90 Å². The number of fused-ring (bicyclic) bond motifs is 3. The van der Waals surface area contributed by atoms with E-state index < -0.39 is 5.60 Å². The normalized spacial score (nSPS) is 24.6. The molecule has 2 unspecified atom stereocenters. The summed E-state index contributed by atoms with van der Waals surface area (Å²) in [6.45, 7) is 6.98. The Hall–Kier alpha value is -1.71. The van der Waals surface area contributed by atoms with E-state index in [-0.39, 0.29) is 12.1 Å². The molecule has 1 aromatic rings. The number of benzene rings is 1. The summed E-state index contributed by atoms with van der Waals surface area (Å²) in [4.78, 5) is 14.1. The monoisotopic (exact) mass is 275 g/mol. The molecular formula is C16H21NO3. The minimum absolute atomic E-state index is 0.0970. The number of nitrogens with zero attached hydrogens (tertiary/aromatic N) is 1. The minimum atomic E-state index is -0.456. The van der Waals surface area contributed by atoms with Gasteiger partial charge < -0.3 is 14.4 Å². The Morgan fingerprint density at radius 1 is 1.35 bits per heavy atom. The molecule has 3 rings (SSSR count). The molecule has 20 heavy (non-hydrogen) atoms. The van der Waals surface area contributed by atoms with Crippen LogP contribution in [-0.2, 0) is 4.74 Å². The number of hydrogen-bond acceptors (Lipinski definition) is 3. The molecule has 0 bridgehead atoms. The molecule has 1 saturated heterocycles. The van der Waals surface area contributed by atoms with Gasteiger partial charge in [-0.25, -0.2) is 4.79 Å². The standard InChI is InChI=1S/C16H21NO3/c1-16(2,3)20-15(18)17-9-8-11-12-6-4-5-7-14(12)19-10-13(11)17/h4-7,11,13H,8-10H2,1-3H3. The summed E-state index contributed by atoms with van der Waals surface area (Å²) in [5.41, 5.74) is 0.762. The Bertz CT molecular complexity index is 521. The van der Waals surface area contributed by atoms with Gasteiger partial charge in [0.1, 0.15) is 18.0 Å². The van der Waals surface area contributed by atoms with Gasteiger partial charge in [0.05, 0.1) is 6.04 Å². The van der Waals surface area contributed by atoms with Crippen LogP contribution in [0.2, 0.25) is 0 Å². The number of carbonyl (C=O) groups excluding carboxylic acids is 1. The molecule has 0 aliphatic carbocycles. The highest BCUT2D eigenvalue weighted by Crippen LogP contribution is 2.42. The lowest BCUT2D eigenvalue weighted by Gasteiger charge is -2.34. The van der Waals surface area contributed by atoms with Crippen molar-refractivity contribution in [2.24, 2.45) is 0 Å². The topological polar surface area (TPSA) is 38.8 Å². The van der Waals surface area contributed by atoms with E-state index in [0.717, 1.165) is 18.7 Å². The summed E-state index contributed by atoms with van der Waals surface area (Å²) in [5.74, 6) is 1.33. The molecule has 108 valence electrons. The van der Waals surface area contributed by atoms with Gasteiger partial charge in [-0.15, -0.1) is 0 Å². The van der Waals surface area contributed by atoms with Crippen LogP contribution < -0.4 is 4.74 Å². The smallest absolute Gasteiger partial charge is 0.410 e. The molecule has 2 heterocycles. The van der Waals surface area contributed by atoms with Gasteiger partial charge in [-0.2, -0.15) is 0 Å². The van der Waals surface area contributed by atoms with Crippen molar-refractivity contribution in [3.05, 3.63) is 29.8 Å². The Morgan fingerprint density at radius 2 is 2.10 bits per heavy atom. The van der Waals surface area contributed by atoms with Crippen LogP contribution in [0, 0.1) is 0 Å². The van der Waals surface area contributed by atoms with Crippen LogP contribution in [0.5, 0.6) is 5.75 Å². The van der Waals surface area contributed by atoms with Crippen LogP contribution in [0.15, 0.2) is 24.3 Å². The van der Waals surface area contributed by atoms with Gasteiger partial charge in [0.2, 0.25) is 0 Å². The van der Waals surface area contributed by atoms with Crippen LogP contribution in [0.4, 0.5) is 4.79 Å². The van der Waals surface area contributed by atoms with E-state index in [1.165, 1.54) is 5.56 Å². The average molecular weight is 275 g/mol. The molecule has 2 aliphatic rings. The van der Waals surface area contributed by atoms with E-state index in [4.69, 9.17) is 9.47 Å². The van der Waals surface area contributed by atoms with Crippen LogP contribution in [-0.4, -0.2) is 35.8 Å². The lowest BCUT2D eigenvalue weighted by molar-refractivity contribution is 0.0164. The van der Waals surface area contributed by atoms with Gasteiger partial charge in [-0.1, -0.05) is 18.2 Å². The number of likely N-dealkylation sites (tertiary alicyclic amines) is 1. The molecule has 4 nitrogen and oxygen atoms in total. The molecule has 0 radical (unpaired) electrons. The molecular weight excluding hydrogens is 254 g/mol. The first-order valence-electron chi connectivity index (χ1n) is 7.17. The SMILES string of the molecule is CC(C)(C)OC(=O)N1CCC2c3ccccc3OCC21. The van der Waals surface area contributed by atoms with Crippen molar-refractivity contribution < 1.29 is 14.3 Å². The first kappa shape index (κ1) is 13.3. The fourth-order valence-corrected chi connectivity index (χ4v) is 3.06. The second kappa shape index (κ2) is 4.69. The number of amides is 1. The average Bonchev–Trinajstić information content (AvgIpc) is 2.81. The predicted octanol–water partition coefficient (Wildman–Crippen LogP) is 3.17. The first-order valence-corrected chi connectivity index (χ1v) is 7.17. The third-order valence-electron chi connectivity index (χ3n) is 3.90. The van der Waals surface area contributed by atoms with Gasteiger partial charge >= 0.3 is 6.09 Å². The second-order valence-corrected chi connectivity index (χ2v) is 6.49. The fourth-order valence-electron chi connectivity index (χ4n) is 3.06. The lowest BCUT2D eigenvalue weighted by Crippen LogP contribution is -2.45. The molecule has 0 N–H and O–H groups in total. The second-order valence-electron chi connectivity index (χ2n) is 6.49. The molecule has 1 aromatic carbocycles. The number of carbonyl (C=O) groups is 1. The molecule has 2 aliphatic heterocycles. The summed E-state index contributed by atoms with van der Waals surface area (Å²) < 4.78 is 11.3. The Balaban J connectivity index is 1.79. The Labute approximate surface area is 119 Å². The number of para-hydroxylation sites is 1. The maximum atomic E-state index is 12.3. The highest BCUT2D eigenvalue weighted by Gasteiger charge is 2.43. The summed E-state index contributed by atoms with van der Waals surface area (Å²) in [6, 6.07) is 8.21. The zero-order chi connectivity index (χ0) is 14.3. The van der Waals surface area contributed by atoms with Gasteiger partial charge in [0.25, 0.3) is 0 Å². The van der Waals surface area contributed by atoms with E-state index in [1.807, 2.05) is 43.9 Å². The first-order chi connectivity index (χ1) is 9.46. The highest BCUT2D eigenvalue weighted by molar-refractivity contribution is 5.69. The summed E-state index contributed by atoms with van der Waals surface area (Å²) in [7, 11) is 0. The quantitative estimate of drug-likeness (QED) is 0.730. The molecule has 0 spiro atoms. The third kappa shape index (κ3) is 2.35. The maximum absolute atomic E-state index is 12.3.